The number of carbonyl (C=O) groups is 1. The quantitative estimate of drug-likeness (QED) is 0.407. The van der Waals surface area contributed by atoms with Crippen molar-refractivity contribution in [3.63, 3.8) is 0 Å². The van der Waals surface area contributed by atoms with E-state index in [2.05, 4.69) is 48.9 Å². The molecule has 2 aromatic heterocycles. The molecule has 0 radical (unpaired) electrons. The van der Waals surface area contributed by atoms with Crippen LogP contribution in [0.5, 0.6) is 0 Å². The number of aliphatic hydroxyl groups is 1. The maximum Gasteiger partial charge on any atom is 0.220 e. The molecule has 3 aromatic rings. The number of ether oxygens (including phenoxy) is 2. The maximum absolute atomic E-state index is 11.5. The van der Waals surface area contributed by atoms with Gasteiger partial charge in [-0.15, -0.1) is 0 Å². The number of nitrogens with one attached hydrogen (secondary N) is 1. The largest absolute Gasteiger partial charge is 0.387 e. The number of aromatic nitrogens is 4. The predicted molar refractivity (Wildman–Crippen MR) is 114 cm³/mol. The fourth-order valence-electron chi connectivity index (χ4n) is 4.07. The molecule has 11 heteroatoms. The van der Waals surface area contributed by atoms with Crippen LogP contribution in [0.2, 0.25) is 0 Å². The number of hydrogen-bond acceptors (Lipinski definition) is 8. The monoisotopic (exact) mass is 522 g/mol. The van der Waals surface area contributed by atoms with Crippen molar-refractivity contribution in [3.05, 3.63) is 46.1 Å². The summed E-state index contributed by atoms with van der Waals surface area (Å²) in [6.07, 6.45) is 0.630. The highest BCUT2D eigenvalue weighted by atomic mass is 127. The fourth-order valence-corrected chi connectivity index (χ4v) is 4.68. The van der Waals surface area contributed by atoms with Crippen molar-refractivity contribution in [1.29, 1.82) is 0 Å². The second-order valence-corrected chi connectivity index (χ2v) is 8.71. The van der Waals surface area contributed by atoms with Crippen molar-refractivity contribution >= 4 is 45.5 Å². The topological polar surface area (TPSA) is 137 Å². The third-order valence-electron chi connectivity index (χ3n) is 5.46. The summed E-state index contributed by atoms with van der Waals surface area (Å²) in [4.78, 5) is 24.6. The number of aliphatic hydroxyl groups excluding tert-OH is 1. The Kier molecular flexibility index (Phi) is 4.84. The lowest BCUT2D eigenvalue weighted by Gasteiger charge is -2.30. The van der Waals surface area contributed by atoms with Crippen LogP contribution in [-0.4, -0.2) is 54.9 Å². The highest BCUT2D eigenvalue weighted by Crippen LogP contribution is 2.47. The van der Waals surface area contributed by atoms with Crippen LogP contribution in [0.3, 0.4) is 0 Å². The zero-order valence-corrected chi connectivity index (χ0v) is 17.9. The van der Waals surface area contributed by atoms with Gasteiger partial charge in [-0.2, -0.15) is 0 Å². The Morgan fingerprint density at radius 3 is 3.07 bits per heavy atom. The fraction of sp³-hybridized carbons (Fsp3) is 0.368. The van der Waals surface area contributed by atoms with Gasteiger partial charge in [0.25, 0.3) is 0 Å². The molecule has 4 atom stereocenters. The van der Waals surface area contributed by atoms with Gasteiger partial charge in [-0.25, -0.2) is 15.0 Å². The normalized spacial score (nSPS) is 27.6. The second kappa shape index (κ2) is 7.41. The molecule has 10 nitrogen and oxygen atoms in total. The minimum absolute atomic E-state index is 0.114. The molecule has 0 unspecified atom stereocenters. The third-order valence-corrected chi connectivity index (χ3v) is 6.13. The van der Waals surface area contributed by atoms with Crippen LogP contribution in [0.15, 0.2) is 36.9 Å². The molecule has 2 fully saturated rings. The minimum Gasteiger partial charge on any atom is -0.387 e. The SMILES string of the molecule is NC(=O)C[C@@]12CO[C@@H]([C@H](n3cnc4c(NCc5cccc(I)c5)ncnc43)O1)[C@@H]2O. The van der Waals surface area contributed by atoms with Crippen molar-refractivity contribution in [1.82, 2.24) is 19.5 Å². The van der Waals surface area contributed by atoms with E-state index in [1.807, 2.05) is 18.2 Å². The van der Waals surface area contributed by atoms with Crippen molar-refractivity contribution in [3.8, 4) is 0 Å². The lowest BCUT2D eigenvalue weighted by Crippen LogP contribution is -2.44. The Morgan fingerprint density at radius 2 is 2.27 bits per heavy atom. The summed E-state index contributed by atoms with van der Waals surface area (Å²) >= 11 is 2.27. The Bertz CT molecular complexity index is 1120. The lowest BCUT2D eigenvalue weighted by molar-refractivity contribution is -0.177. The van der Waals surface area contributed by atoms with Crippen molar-refractivity contribution in [2.45, 2.75) is 37.0 Å². The van der Waals surface area contributed by atoms with Gasteiger partial charge in [-0.1, -0.05) is 12.1 Å². The molecular weight excluding hydrogens is 503 g/mol. The molecule has 30 heavy (non-hydrogen) atoms. The smallest absolute Gasteiger partial charge is 0.220 e. The van der Waals surface area contributed by atoms with E-state index in [1.165, 1.54) is 6.33 Å². The minimum atomic E-state index is -1.14. The number of primary amides is 1. The molecule has 5 rings (SSSR count). The molecule has 4 heterocycles. The summed E-state index contributed by atoms with van der Waals surface area (Å²) in [5, 5.41) is 13.9. The molecule has 2 aliphatic heterocycles. The van der Waals surface area contributed by atoms with Crippen molar-refractivity contribution in [2.24, 2.45) is 5.73 Å². The zero-order chi connectivity index (χ0) is 20.9. The standard InChI is InChI=1S/C19H19IN6O4/c20-11-3-1-2-10(4-11)6-22-16-13-17(24-8-23-16)26(9-25-13)18-14-15(28)19(30-18,7-29-14)5-12(21)27/h1-4,8-9,14-15,18,28H,5-7H2,(H2,21,27)(H,22,23,24)/t14-,15+,18-,19+/m1/s1. The van der Waals surface area contributed by atoms with Crippen LogP contribution >= 0.6 is 22.6 Å². The van der Waals surface area contributed by atoms with E-state index < -0.39 is 29.9 Å². The average Bonchev–Trinajstić information content (AvgIpc) is 3.35. The summed E-state index contributed by atoms with van der Waals surface area (Å²) < 4.78 is 14.6. The molecule has 0 saturated carbocycles. The first-order valence-electron chi connectivity index (χ1n) is 9.38. The van der Waals surface area contributed by atoms with Gasteiger partial charge in [0.05, 0.1) is 19.4 Å². The zero-order valence-electron chi connectivity index (χ0n) is 15.7. The molecule has 0 aliphatic carbocycles. The molecule has 0 spiro atoms. The average molecular weight is 522 g/mol. The van der Waals surface area contributed by atoms with Gasteiger partial charge in [0.15, 0.2) is 23.2 Å². The van der Waals surface area contributed by atoms with E-state index in [9.17, 15) is 9.90 Å². The Morgan fingerprint density at radius 1 is 1.40 bits per heavy atom. The van der Waals surface area contributed by atoms with Gasteiger partial charge in [0.2, 0.25) is 5.91 Å². The Labute approximate surface area is 184 Å². The molecular formula is C19H19IN6O4. The maximum atomic E-state index is 11.5. The van der Waals surface area contributed by atoms with Gasteiger partial charge in [0.1, 0.15) is 24.1 Å². The van der Waals surface area contributed by atoms with E-state index >= 15 is 0 Å². The summed E-state index contributed by atoms with van der Waals surface area (Å²) in [7, 11) is 0. The van der Waals surface area contributed by atoms with Crippen LogP contribution in [0.25, 0.3) is 11.2 Å². The van der Waals surface area contributed by atoms with Gasteiger partial charge in [-0.05, 0) is 40.3 Å². The number of imidazole rings is 1. The molecule has 156 valence electrons. The van der Waals surface area contributed by atoms with Crippen molar-refractivity contribution < 1.29 is 19.4 Å². The molecule has 1 amide bonds. The number of rotatable bonds is 6. The molecule has 2 saturated heterocycles. The first kappa shape index (κ1) is 19.6. The number of amides is 1. The van der Waals surface area contributed by atoms with E-state index in [1.54, 1.807) is 10.9 Å². The van der Waals surface area contributed by atoms with Crippen LogP contribution in [0.4, 0.5) is 5.82 Å². The summed E-state index contributed by atoms with van der Waals surface area (Å²) in [6, 6.07) is 8.16. The molecule has 2 aliphatic rings. The van der Waals surface area contributed by atoms with E-state index in [-0.39, 0.29) is 13.0 Å². The van der Waals surface area contributed by atoms with E-state index in [0.29, 0.717) is 23.5 Å². The number of nitrogens with two attached hydrogens (primary N) is 1. The number of nitrogens with zero attached hydrogens (tertiary/aromatic N) is 4. The van der Waals surface area contributed by atoms with Gasteiger partial charge < -0.3 is 25.6 Å². The summed E-state index contributed by atoms with van der Waals surface area (Å²) in [6.45, 7) is 0.699. The van der Waals surface area contributed by atoms with E-state index in [0.717, 1.165) is 9.13 Å². The van der Waals surface area contributed by atoms with Gasteiger partial charge >= 0.3 is 0 Å². The predicted octanol–water partition coefficient (Wildman–Crippen LogP) is 0.946. The Hall–Kier alpha value is -2.35. The van der Waals surface area contributed by atoms with E-state index in [4.69, 9.17) is 15.2 Å². The third kappa shape index (κ3) is 3.21. The first-order valence-corrected chi connectivity index (χ1v) is 10.5. The van der Waals surface area contributed by atoms with Crippen LogP contribution in [-0.2, 0) is 20.8 Å². The highest BCUT2D eigenvalue weighted by Gasteiger charge is 2.62. The van der Waals surface area contributed by atoms with Crippen LogP contribution in [0.1, 0.15) is 18.2 Å². The summed E-state index contributed by atoms with van der Waals surface area (Å²) in [5.74, 6) is 0.0351. The number of carbonyl (C=O) groups excluding carboxylic acids is 1. The van der Waals surface area contributed by atoms with Crippen LogP contribution in [0, 0.1) is 3.57 Å². The number of benzene rings is 1. The number of halogens is 1. The molecule has 2 bridgehead atoms. The van der Waals surface area contributed by atoms with Gasteiger partial charge in [0, 0.05) is 10.1 Å². The number of fused-ring (bicyclic) bond motifs is 3. The second-order valence-electron chi connectivity index (χ2n) is 7.47. The molecule has 4 N–H and O–H groups in total. The van der Waals surface area contributed by atoms with Crippen LogP contribution < -0.4 is 11.1 Å². The number of anilines is 1. The van der Waals surface area contributed by atoms with Crippen molar-refractivity contribution in [2.75, 3.05) is 11.9 Å². The number of hydrogen-bond donors (Lipinski definition) is 3. The van der Waals surface area contributed by atoms with Gasteiger partial charge in [-0.3, -0.25) is 9.36 Å². The Balaban J connectivity index is 1.42. The summed E-state index contributed by atoms with van der Waals surface area (Å²) in [5.41, 5.74) is 6.44. The molecule has 1 aromatic carbocycles. The highest BCUT2D eigenvalue weighted by molar-refractivity contribution is 14.1. The lowest BCUT2D eigenvalue weighted by atomic mass is 9.95. The first-order chi connectivity index (χ1) is 14.5.